The molecule has 26 nitrogen and oxygen atoms in total. The highest BCUT2D eigenvalue weighted by atomic mass is 16.3. The molecule has 0 aliphatic carbocycles. The molecule has 8 aromatic heterocycles. The Labute approximate surface area is 676 Å². The number of carbonyl (C=O) groups excluding carboxylic acids is 9. The molecule has 0 fully saturated rings. The molecule has 0 bridgehead atoms. The van der Waals surface area contributed by atoms with Crippen LogP contribution in [0.15, 0.2) is 130 Å². The van der Waals surface area contributed by atoms with Crippen molar-refractivity contribution < 1.29 is 53.4 Å². The highest BCUT2D eigenvalue weighted by Gasteiger charge is 2.18. The Kier molecular flexibility index (Phi) is 36.3. The van der Waals surface area contributed by atoms with Gasteiger partial charge in [-0.3, -0.25) is 57.2 Å². The number of phenols is 2. The van der Waals surface area contributed by atoms with Crippen molar-refractivity contribution in [3.05, 3.63) is 250 Å². The number of carbonyl (C=O) groups is 9. The average Bonchev–Trinajstić information content (AvgIpc) is 1.69. The first-order valence-corrected chi connectivity index (χ1v) is 37.3. The number of pyridine rings is 1. The number of hydrogen-bond acceptors (Lipinski definition) is 19. The first kappa shape index (κ1) is 96.5. The van der Waals surface area contributed by atoms with Gasteiger partial charge in [0, 0.05) is 134 Å². The number of nitrogen functional groups attached to an aromatic ring is 3. The Morgan fingerprint density at radius 3 is 0.948 bits per heavy atom. The Morgan fingerprint density at radius 2 is 0.661 bits per heavy atom. The molecule has 115 heavy (non-hydrogen) atoms. The van der Waals surface area contributed by atoms with Crippen molar-refractivity contribution >= 4 is 75.9 Å². The Balaban J connectivity index is 0.000000346. The first-order valence-electron chi connectivity index (χ1n) is 37.3. The van der Waals surface area contributed by atoms with Crippen LogP contribution in [0.5, 0.6) is 11.5 Å². The van der Waals surface area contributed by atoms with E-state index >= 15 is 0 Å². The zero-order chi connectivity index (χ0) is 87.8. The molecule has 0 atom stereocenters. The summed E-state index contributed by atoms with van der Waals surface area (Å²) in [5, 5.41) is 36.9. The van der Waals surface area contributed by atoms with Crippen molar-refractivity contribution in [1.82, 2.24) is 37.7 Å². The third-order valence-electron chi connectivity index (χ3n) is 18.7. The summed E-state index contributed by atoms with van der Waals surface area (Å²) in [7, 11) is 0. The van der Waals surface area contributed by atoms with Gasteiger partial charge in [0.25, 0.3) is 0 Å². The van der Waals surface area contributed by atoms with Crippen LogP contribution in [0.1, 0.15) is 295 Å². The van der Waals surface area contributed by atoms with E-state index in [0.29, 0.717) is 74.2 Å². The third-order valence-corrected chi connectivity index (χ3v) is 18.7. The molecule has 0 aliphatic rings. The molecular formula is C89H117N15O11. The van der Waals surface area contributed by atoms with Crippen LogP contribution in [0.25, 0.3) is 0 Å². The van der Waals surface area contributed by atoms with Gasteiger partial charge in [-0.2, -0.15) is 20.4 Å². The minimum atomic E-state index is -0.127. The van der Waals surface area contributed by atoms with E-state index in [2.05, 4.69) is 65.2 Å². The summed E-state index contributed by atoms with van der Waals surface area (Å²) < 4.78 is 11.9. The van der Waals surface area contributed by atoms with E-state index in [1.165, 1.54) is 48.4 Å². The number of ketones is 8. The van der Waals surface area contributed by atoms with Gasteiger partial charge in [0.05, 0.1) is 23.2 Å². The highest BCUT2D eigenvalue weighted by molar-refractivity contribution is 6.40. The number of nitrogens with zero attached hydrogens (tertiary/aromatic N) is 12. The molecule has 0 aliphatic heterocycles. The summed E-state index contributed by atoms with van der Waals surface area (Å²) in [5.41, 5.74) is 21.9. The fourth-order valence-electron chi connectivity index (χ4n) is 11.5. The molecule has 10 rings (SSSR count). The van der Waals surface area contributed by atoms with Crippen molar-refractivity contribution in [1.29, 1.82) is 0 Å². The van der Waals surface area contributed by atoms with Crippen LogP contribution >= 0.6 is 0 Å². The molecule has 0 unspecified atom stereocenters. The number of aromatic hydroxyl groups is 2. The zero-order valence-corrected chi connectivity index (χ0v) is 72.4. The van der Waals surface area contributed by atoms with E-state index in [-0.39, 0.29) is 57.8 Å². The maximum atomic E-state index is 11.6. The standard InChI is InChI=1S/C18H24N4O.C16H18N2O2.C12H16N2O2.C10H18N2.C9H9NO2.2C8H12N2O.C8H8O2/c1-11-8-9-12(2)21(11)19-14(4)15(5)20-22-13(3)10-18(16(22)6)17(7)23;1-10-6-5-7-14(16(10)20)9-17-18-11(2)8-15(12(18)3)13(4)19;1-7-6-12(11(5)16)9(3)14(7)13-8(2)10(4)15;1-7(2)9-5-6-10(8(3)4)12(9)11;1-6(11)8-4-3-5-9(10-8)7(2)12;2*1-5-4-8(7(3)11)6(2)10(5)9;1-6-3-2-4-7(5-9)8(6)10/h8-10H,1-7H3;5-9,20H,1-4H3;6H,1-5H3;5-8H,11H2,1-4H3;3-5H,1-2H3;2*4H,9H2,1-3H3;2-5,10H,1H3/b19-14+,20-15+;17-9+;13-8+;;;;;. The Morgan fingerprint density at radius 1 is 0.357 bits per heavy atom. The summed E-state index contributed by atoms with van der Waals surface area (Å²) in [6, 6.07) is 32.8. The number of hydrogen-bond donors (Lipinski definition) is 5. The third kappa shape index (κ3) is 26.4. The number of aromatic nitrogens is 8. The van der Waals surface area contributed by atoms with Crippen molar-refractivity contribution in [3.8, 4) is 11.5 Å². The van der Waals surface area contributed by atoms with Gasteiger partial charge in [0.2, 0.25) is 0 Å². The fourth-order valence-corrected chi connectivity index (χ4v) is 11.5. The zero-order valence-electron chi connectivity index (χ0n) is 72.4. The molecule has 10 aromatic rings. The molecule has 0 radical (unpaired) electrons. The van der Waals surface area contributed by atoms with E-state index in [0.717, 1.165) is 90.9 Å². The van der Waals surface area contributed by atoms with Gasteiger partial charge in [-0.1, -0.05) is 58.0 Å². The van der Waals surface area contributed by atoms with E-state index in [1.807, 2.05) is 150 Å². The Hall–Kier alpha value is -12.7. The largest absolute Gasteiger partial charge is 0.507 e. The van der Waals surface area contributed by atoms with Crippen LogP contribution < -0.4 is 17.5 Å². The van der Waals surface area contributed by atoms with E-state index in [4.69, 9.17) is 22.6 Å². The SMILES string of the molecule is CC(=O)/C(C)=N/n1c(C)cc(C(C)=O)c1C.CC(=O)c1cc(C)n(/N=C(C)/C(C)=N/n2c(C)ccc2C)c1C.CC(=O)c1cc(C)n(/N=C/c2cccc(C)c2O)c1C.CC(=O)c1cc(C)n(N)c1C.CC(=O)c1cc(C)n(N)c1C.CC(=O)c1cccc(C(C)=O)n1.CC(C)c1ccc(C(C)C)n1N.Cc1cccc(C=O)c1O. The van der Waals surface area contributed by atoms with Gasteiger partial charge >= 0.3 is 0 Å². The van der Waals surface area contributed by atoms with Gasteiger partial charge < -0.3 is 27.7 Å². The molecule has 26 heteroatoms. The second kappa shape index (κ2) is 43.3. The summed E-state index contributed by atoms with van der Waals surface area (Å²) in [4.78, 5) is 103. The number of aryl methyl sites for hydroxylation is 9. The van der Waals surface area contributed by atoms with Gasteiger partial charge in [-0.15, -0.1) is 0 Å². The molecule has 8 N–H and O–H groups in total. The van der Waals surface area contributed by atoms with Crippen LogP contribution in [-0.4, -0.2) is 124 Å². The number of Topliss-reactive ketones (excluding diaryl/α,β-unsaturated/α-hetero) is 8. The molecule has 2 aromatic carbocycles. The minimum absolute atomic E-state index is 0.00929. The average molecular weight is 1570 g/mol. The number of nitrogens with two attached hydrogens (primary N) is 3. The lowest BCUT2D eigenvalue weighted by atomic mass is 10.1. The smallest absolute Gasteiger partial charge is 0.178 e. The van der Waals surface area contributed by atoms with Crippen LogP contribution in [0.3, 0.4) is 0 Å². The van der Waals surface area contributed by atoms with Crippen LogP contribution in [0.4, 0.5) is 0 Å². The lowest BCUT2D eigenvalue weighted by Crippen LogP contribution is -2.16. The van der Waals surface area contributed by atoms with Gasteiger partial charge in [0.15, 0.2) is 52.6 Å². The summed E-state index contributed by atoms with van der Waals surface area (Å²) >= 11 is 0. The van der Waals surface area contributed by atoms with Crippen LogP contribution in [0, 0.1) is 96.9 Å². The number of para-hydroxylation sites is 2. The van der Waals surface area contributed by atoms with Crippen LogP contribution in [0.2, 0.25) is 0 Å². The van der Waals surface area contributed by atoms with E-state index < -0.39 is 0 Å². The predicted molar refractivity (Wildman–Crippen MR) is 461 cm³/mol. The summed E-state index contributed by atoms with van der Waals surface area (Å²) in [5.74, 6) is 18.3. The molecule has 0 saturated heterocycles. The van der Waals surface area contributed by atoms with Gasteiger partial charge in [-0.05, 0) is 254 Å². The monoisotopic (exact) mass is 1570 g/mol. The second-order valence-corrected chi connectivity index (χ2v) is 28.7. The van der Waals surface area contributed by atoms with Crippen LogP contribution in [-0.2, 0) is 4.79 Å². The quantitative estimate of drug-likeness (QED) is 0.0245. The van der Waals surface area contributed by atoms with Gasteiger partial charge in [-0.25, -0.2) is 23.7 Å². The molecule has 614 valence electrons. The molecule has 0 amide bonds. The van der Waals surface area contributed by atoms with Crippen molar-refractivity contribution in [3.63, 3.8) is 0 Å². The number of phenolic OH excluding ortho intramolecular Hbond substituents is 2. The first-order chi connectivity index (χ1) is 53.4. The fraction of sp³-hybridized carbons (Fsp3) is 0.348. The topological polar surface area (TPSA) is 369 Å². The van der Waals surface area contributed by atoms with E-state index in [1.54, 1.807) is 122 Å². The molecule has 0 saturated carbocycles. The molecule has 0 spiro atoms. The molecular weight excluding hydrogens is 1460 g/mol. The predicted octanol–water partition coefficient (Wildman–Crippen LogP) is 16.7. The Bertz CT molecular complexity index is 5210. The number of rotatable bonds is 17. The second-order valence-electron chi connectivity index (χ2n) is 28.7. The maximum Gasteiger partial charge on any atom is 0.178 e. The van der Waals surface area contributed by atoms with E-state index in [9.17, 15) is 48.3 Å². The number of benzene rings is 2. The van der Waals surface area contributed by atoms with Gasteiger partial charge in [0.1, 0.15) is 28.6 Å². The normalized spacial score (nSPS) is 11.1. The lowest BCUT2D eigenvalue weighted by molar-refractivity contribution is -0.111. The lowest BCUT2D eigenvalue weighted by Gasteiger charge is -2.11. The summed E-state index contributed by atoms with van der Waals surface area (Å²) in [6.45, 7) is 52.6. The highest BCUT2D eigenvalue weighted by Crippen LogP contribution is 2.25. The minimum Gasteiger partial charge on any atom is -0.507 e. The maximum absolute atomic E-state index is 11.6. The molecule has 8 heterocycles. The number of aldehydes is 1. The summed E-state index contributed by atoms with van der Waals surface area (Å²) in [6.07, 6.45) is 2.24. The van der Waals surface area contributed by atoms with Crippen molar-refractivity contribution in [2.75, 3.05) is 17.5 Å². The van der Waals surface area contributed by atoms with Crippen molar-refractivity contribution in [2.24, 2.45) is 20.4 Å². The van der Waals surface area contributed by atoms with Crippen molar-refractivity contribution in [2.45, 2.75) is 213 Å².